The summed E-state index contributed by atoms with van der Waals surface area (Å²) in [7, 11) is 0. The number of rotatable bonds is 8. The Labute approximate surface area is 225 Å². The van der Waals surface area contributed by atoms with E-state index >= 15 is 0 Å². The highest BCUT2D eigenvalue weighted by Gasteiger charge is 2.18. The SMILES string of the molecule is CCOC(=O)c1cnn2c(-c3cccc(NC(=O)c4ccc(COc5ccc(I)cc5)o4)c3)ccnc12. The van der Waals surface area contributed by atoms with Gasteiger partial charge in [-0.25, -0.2) is 14.3 Å². The van der Waals surface area contributed by atoms with Gasteiger partial charge in [0.2, 0.25) is 0 Å². The van der Waals surface area contributed by atoms with Crippen molar-refractivity contribution in [1.29, 1.82) is 0 Å². The highest BCUT2D eigenvalue weighted by atomic mass is 127. The van der Waals surface area contributed by atoms with Gasteiger partial charge >= 0.3 is 5.97 Å². The van der Waals surface area contributed by atoms with E-state index in [2.05, 4.69) is 38.0 Å². The molecule has 37 heavy (non-hydrogen) atoms. The monoisotopic (exact) mass is 608 g/mol. The molecule has 0 saturated carbocycles. The first-order valence-electron chi connectivity index (χ1n) is 11.4. The van der Waals surface area contributed by atoms with Crippen molar-refractivity contribution in [1.82, 2.24) is 14.6 Å². The number of nitrogens with zero attached hydrogens (tertiary/aromatic N) is 3. The number of nitrogens with one attached hydrogen (secondary N) is 1. The molecule has 0 spiro atoms. The van der Waals surface area contributed by atoms with Crippen LogP contribution in [0, 0.1) is 3.57 Å². The number of aromatic nitrogens is 3. The molecule has 5 rings (SSSR count). The molecule has 0 saturated heterocycles. The fraction of sp³-hybridized carbons (Fsp3) is 0.111. The number of furan rings is 1. The smallest absolute Gasteiger partial charge is 0.343 e. The van der Waals surface area contributed by atoms with E-state index in [1.165, 1.54) is 6.20 Å². The molecule has 0 unspecified atom stereocenters. The Bertz CT molecular complexity index is 1580. The van der Waals surface area contributed by atoms with Gasteiger partial charge in [-0.05, 0) is 84.1 Å². The maximum absolute atomic E-state index is 12.8. The summed E-state index contributed by atoms with van der Waals surface area (Å²) in [4.78, 5) is 29.3. The third kappa shape index (κ3) is 5.48. The molecule has 0 atom stereocenters. The molecule has 0 bridgehead atoms. The molecule has 0 aliphatic heterocycles. The van der Waals surface area contributed by atoms with Gasteiger partial charge in [0, 0.05) is 21.0 Å². The molecule has 0 aliphatic carbocycles. The molecule has 0 radical (unpaired) electrons. The normalized spacial score (nSPS) is 10.9. The summed E-state index contributed by atoms with van der Waals surface area (Å²) in [6.45, 7) is 2.21. The Kier molecular flexibility index (Phi) is 7.17. The van der Waals surface area contributed by atoms with Crippen molar-refractivity contribution >= 4 is 45.8 Å². The zero-order valence-corrected chi connectivity index (χ0v) is 21.8. The number of fused-ring (bicyclic) bond motifs is 1. The summed E-state index contributed by atoms with van der Waals surface area (Å²) in [6.07, 6.45) is 3.04. The van der Waals surface area contributed by atoms with E-state index in [0.717, 1.165) is 14.9 Å². The standard InChI is InChI=1S/C27H21IN4O5/c1-2-35-27(34)22-15-30-32-23(12-13-29-25(22)32)17-4-3-5-19(14-17)31-26(33)24-11-10-21(37-24)16-36-20-8-6-18(28)7-9-20/h3-15H,2,16H2,1H3,(H,31,33). The van der Waals surface area contributed by atoms with Crippen LogP contribution in [0.5, 0.6) is 5.75 Å². The minimum Gasteiger partial charge on any atom is -0.486 e. The van der Waals surface area contributed by atoms with Crippen molar-refractivity contribution in [2.45, 2.75) is 13.5 Å². The lowest BCUT2D eigenvalue weighted by Gasteiger charge is -2.08. The molecular weight excluding hydrogens is 587 g/mol. The van der Waals surface area contributed by atoms with E-state index in [4.69, 9.17) is 13.9 Å². The van der Waals surface area contributed by atoms with Crippen LogP contribution in [-0.2, 0) is 11.3 Å². The van der Waals surface area contributed by atoms with Crippen LogP contribution in [0.1, 0.15) is 33.6 Å². The molecular formula is C27H21IN4O5. The second-order valence-electron chi connectivity index (χ2n) is 7.89. The number of amides is 1. The number of ether oxygens (including phenoxy) is 2. The zero-order chi connectivity index (χ0) is 25.8. The van der Waals surface area contributed by atoms with Crippen LogP contribution < -0.4 is 10.1 Å². The number of benzene rings is 2. The van der Waals surface area contributed by atoms with Crippen LogP contribution in [0.15, 0.2) is 83.5 Å². The predicted octanol–water partition coefficient (Wildman–Crippen LogP) is 5.60. The lowest BCUT2D eigenvalue weighted by molar-refractivity contribution is 0.0528. The van der Waals surface area contributed by atoms with Crippen molar-refractivity contribution in [2.75, 3.05) is 11.9 Å². The maximum atomic E-state index is 12.8. The Hall–Kier alpha value is -4.19. The molecule has 10 heteroatoms. The number of halogens is 1. The van der Waals surface area contributed by atoms with Gasteiger partial charge in [-0.3, -0.25) is 4.79 Å². The Morgan fingerprint density at radius 3 is 2.73 bits per heavy atom. The van der Waals surface area contributed by atoms with Crippen molar-refractivity contribution in [2.24, 2.45) is 0 Å². The van der Waals surface area contributed by atoms with E-state index in [-0.39, 0.29) is 30.4 Å². The van der Waals surface area contributed by atoms with Crippen molar-refractivity contribution in [3.8, 4) is 17.0 Å². The Morgan fingerprint density at radius 2 is 1.92 bits per heavy atom. The van der Waals surface area contributed by atoms with E-state index in [1.54, 1.807) is 41.9 Å². The van der Waals surface area contributed by atoms with Gasteiger partial charge < -0.3 is 19.2 Å². The lowest BCUT2D eigenvalue weighted by Crippen LogP contribution is -2.11. The Balaban J connectivity index is 1.30. The van der Waals surface area contributed by atoms with E-state index in [1.807, 2.05) is 42.5 Å². The van der Waals surface area contributed by atoms with Gasteiger partial charge in [0.25, 0.3) is 5.91 Å². The van der Waals surface area contributed by atoms with Crippen LogP contribution in [0.2, 0.25) is 0 Å². The van der Waals surface area contributed by atoms with Gasteiger partial charge in [-0.15, -0.1) is 0 Å². The van der Waals surface area contributed by atoms with E-state index in [0.29, 0.717) is 22.8 Å². The largest absolute Gasteiger partial charge is 0.486 e. The fourth-order valence-electron chi connectivity index (χ4n) is 3.67. The van der Waals surface area contributed by atoms with Gasteiger partial charge in [0.15, 0.2) is 11.4 Å². The van der Waals surface area contributed by atoms with Crippen molar-refractivity contribution in [3.05, 3.63) is 99.8 Å². The summed E-state index contributed by atoms with van der Waals surface area (Å²) in [6, 6.07) is 20.0. The molecule has 9 nitrogen and oxygen atoms in total. The van der Waals surface area contributed by atoms with Gasteiger partial charge in [0.1, 0.15) is 23.7 Å². The van der Waals surface area contributed by atoms with Gasteiger partial charge in [0.05, 0.1) is 18.5 Å². The summed E-state index contributed by atoms with van der Waals surface area (Å²) in [5.41, 5.74) is 2.71. The van der Waals surface area contributed by atoms with Crippen molar-refractivity contribution < 1.29 is 23.5 Å². The van der Waals surface area contributed by atoms with Crippen LogP contribution in [0.3, 0.4) is 0 Å². The second-order valence-corrected chi connectivity index (χ2v) is 9.13. The zero-order valence-electron chi connectivity index (χ0n) is 19.7. The summed E-state index contributed by atoms with van der Waals surface area (Å²) >= 11 is 2.23. The summed E-state index contributed by atoms with van der Waals surface area (Å²) < 4.78 is 19.2. The highest BCUT2D eigenvalue weighted by Crippen LogP contribution is 2.25. The molecule has 3 aromatic heterocycles. The van der Waals surface area contributed by atoms with Crippen LogP contribution in [0.25, 0.3) is 16.9 Å². The van der Waals surface area contributed by atoms with Crippen LogP contribution in [0.4, 0.5) is 5.69 Å². The van der Waals surface area contributed by atoms with E-state index in [9.17, 15) is 9.59 Å². The Morgan fingerprint density at radius 1 is 1.08 bits per heavy atom. The predicted molar refractivity (Wildman–Crippen MR) is 145 cm³/mol. The fourth-order valence-corrected chi connectivity index (χ4v) is 4.03. The van der Waals surface area contributed by atoms with Crippen LogP contribution >= 0.6 is 22.6 Å². The first-order valence-corrected chi connectivity index (χ1v) is 12.5. The number of hydrogen-bond acceptors (Lipinski definition) is 7. The van der Waals surface area contributed by atoms with Gasteiger partial charge in [-0.1, -0.05) is 12.1 Å². The molecule has 1 N–H and O–H groups in total. The average molecular weight is 608 g/mol. The number of anilines is 1. The van der Waals surface area contributed by atoms with E-state index < -0.39 is 5.97 Å². The quantitative estimate of drug-likeness (QED) is 0.181. The average Bonchev–Trinajstić information content (AvgIpc) is 3.56. The first-order chi connectivity index (χ1) is 18.0. The number of hydrogen-bond donors (Lipinski definition) is 1. The summed E-state index contributed by atoms with van der Waals surface area (Å²) in [5.74, 6) is 0.555. The summed E-state index contributed by atoms with van der Waals surface area (Å²) in [5, 5.41) is 7.18. The topological polar surface area (TPSA) is 108 Å². The van der Waals surface area contributed by atoms with Crippen molar-refractivity contribution in [3.63, 3.8) is 0 Å². The molecule has 2 aromatic carbocycles. The third-order valence-corrected chi connectivity index (χ3v) is 6.11. The lowest BCUT2D eigenvalue weighted by atomic mass is 10.1. The minimum atomic E-state index is -0.482. The molecule has 3 heterocycles. The maximum Gasteiger partial charge on any atom is 0.343 e. The molecule has 1 amide bonds. The van der Waals surface area contributed by atoms with Crippen LogP contribution in [-0.4, -0.2) is 33.1 Å². The number of carbonyl (C=O) groups excluding carboxylic acids is 2. The minimum absolute atomic E-state index is 0.170. The molecule has 0 aliphatic rings. The van der Waals surface area contributed by atoms with Gasteiger partial charge in [-0.2, -0.15) is 5.10 Å². The second kappa shape index (κ2) is 10.8. The third-order valence-electron chi connectivity index (χ3n) is 5.39. The molecule has 5 aromatic rings. The first kappa shape index (κ1) is 24.5. The number of esters is 1. The number of carbonyl (C=O) groups is 2. The molecule has 186 valence electrons. The molecule has 0 fully saturated rings. The highest BCUT2D eigenvalue weighted by molar-refractivity contribution is 14.1.